The first-order chi connectivity index (χ1) is 11.7. The molecule has 0 aliphatic carbocycles. The molecule has 0 saturated carbocycles. The van der Waals surface area contributed by atoms with Crippen LogP contribution in [-0.2, 0) is 13.5 Å². The molecule has 0 amide bonds. The fraction of sp³-hybridized carbons (Fsp3) is 0.579. The molecule has 1 aromatic heterocycles. The van der Waals surface area contributed by atoms with Gasteiger partial charge in [-0.1, -0.05) is 49.0 Å². The van der Waals surface area contributed by atoms with Gasteiger partial charge in [-0.15, -0.1) is 10.2 Å². The summed E-state index contributed by atoms with van der Waals surface area (Å²) in [6.07, 6.45) is 5.65. The van der Waals surface area contributed by atoms with Gasteiger partial charge < -0.3 is 9.47 Å². The van der Waals surface area contributed by atoms with Crippen molar-refractivity contribution in [1.82, 2.24) is 19.7 Å². The average molecular weight is 345 g/mol. The summed E-state index contributed by atoms with van der Waals surface area (Å²) in [4.78, 5) is 2.62. The molecule has 1 atom stereocenters. The van der Waals surface area contributed by atoms with Crippen LogP contribution in [0.5, 0.6) is 0 Å². The zero-order valence-corrected chi connectivity index (χ0v) is 15.8. The smallest absolute Gasteiger partial charge is 0.190 e. The monoisotopic (exact) mass is 344 g/mol. The van der Waals surface area contributed by atoms with Crippen molar-refractivity contribution in [2.24, 2.45) is 13.0 Å². The summed E-state index contributed by atoms with van der Waals surface area (Å²) in [5.41, 5.74) is 1.45. The van der Waals surface area contributed by atoms with Crippen LogP contribution in [-0.4, -0.2) is 45.6 Å². The van der Waals surface area contributed by atoms with Gasteiger partial charge >= 0.3 is 0 Å². The Hall–Kier alpha value is -1.33. The Bertz CT molecular complexity index is 632. The summed E-state index contributed by atoms with van der Waals surface area (Å²) in [5, 5.41) is 9.63. The molecule has 1 fully saturated rings. The third-order valence-corrected chi connectivity index (χ3v) is 5.91. The Labute approximate surface area is 149 Å². The summed E-state index contributed by atoms with van der Waals surface area (Å²) in [5.74, 6) is 2.48. The summed E-state index contributed by atoms with van der Waals surface area (Å²) >= 11 is 1.66. The van der Waals surface area contributed by atoms with Gasteiger partial charge in [0.15, 0.2) is 5.16 Å². The number of likely N-dealkylation sites (tertiary alicyclic amines) is 1. The number of nitrogens with zero attached hydrogens (tertiary/aromatic N) is 4. The van der Waals surface area contributed by atoms with Gasteiger partial charge in [0.2, 0.25) is 0 Å². The summed E-state index contributed by atoms with van der Waals surface area (Å²) in [6.45, 7) is 5.91. The zero-order chi connectivity index (χ0) is 16.9. The van der Waals surface area contributed by atoms with Gasteiger partial charge in [0, 0.05) is 20.0 Å². The number of rotatable bonds is 6. The molecular weight excluding hydrogens is 316 g/mol. The van der Waals surface area contributed by atoms with E-state index >= 15 is 0 Å². The Morgan fingerprint density at radius 1 is 1.17 bits per heavy atom. The van der Waals surface area contributed by atoms with E-state index in [1.54, 1.807) is 11.8 Å². The van der Waals surface area contributed by atoms with Gasteiger partial charge in [-0.2, -0.15) is 0 Å². The molecule has 0 spiro atoms. The van der Waals surface area contributed by atoms with Crippen LogP contribution < -0.4 is 0 Å². The van der Waals surface area contributed by atoms with E-state index < -0.39 is 0 Å². The maximum atomic E-state index is 4.37. The molecule has 2 heterocycles. The first kappa shape index (κ1) is 17.5. The molecule has 24 heavy (non-hydrogen) atoms. The predicted molar refractivity (Wildman–Crippen MR) is 101 cm³/mol. The second-order valence-electron chi connectivity index (χ2n) is 6.92. The quantitative estimate of drug-likeness (QED) is 0.750. The van der Waals surface area contributed by atoms with E-state index in [9.17, 15) is 0 Å². The highest BCUT2D eigenvalue weighted by molar-refractivity contribution is 7.98. The molecule has 0 N–H and O–H groups in total. The van der Waals surface area contributed by atoms with Crippen molar-refractivity contribution < 1.29 is 0 Å². The van der Waals surface area contributed by atoms with Crippen LogP contribution in [0.1, 0.15) is 37.1 Å². The number of thioether (sulfide) groups is 1. The molecule has 5 heteroatoms. The number of aromatic nitrogens is 3. The van der Waals surface area contributed by atoms with Crippen molar-refractivity contribution in [3.8, 4) is 0 Å². The van der Waals surface area contributed by atoms with Crippen LogP contribution in [0.25, 0.3) is 0 Å². The van der Waals surface area contributed by atoms with Crippen LogP contribution in [0.3, 0.4) is 0 Å². The summed E-state index contributed by atoms with van der Waals surface area (Å²) in [6, 6.07) is 10.9. The van der Waals surface area contributed by atoms with Crippen molar-refractivity contribution >= 4 is 11.8 Å². The predicted octanol–water partition coefficient (Wildman–Crippen LogP) is 3.60. The van der Waals surface area contributed by atoms with Crippen LogP contribution in [0, 0.1) is 5.92 Å². The van der Waals surface area contributed by atoms with Crippen LogP contribution >= 0.6 is 11.8 Å². The SMILES string of the molecule is CSc1nnc(CC2CCN(CC(C)c3ccccc3)CC2)n1C. The second kappa shape index (κ2) is 8.17. The van der Waals surface area contributed by atoms with Crippen LogP contribution in [0.15, 0.2) is 35.5 Å². The molecule has 0 radical (unpaired) electrons. The third kappa shape index (κ3) is 4.19. The fourth-order valence-electron chi connectivity index (χ4n) is 3.61. The highest BCUT2D eigenvalue weighted by Crippen LogP contribution is 2.24. The molecule has 1 aromatic carbocycles. The molecule has 1 aliphatic heterocycles. The Balaban J connectivity index is 1.48. The van der Waals surface area contributed by atoms with Gasteiger partial charge in [-0.3, -0.25) is 0 Å². The maximum absolute atomic E-state index is 4.37. The van der Waals surface area contributed by atoms with E-state index in [0.717, 1.165) is 29.9 Å². The average Bonchev–Trinajstić information content (AvgIpc) is 2.97. The van der Waals surface area contributed by atoms with Crippen molar-refractivity contribution in [2.75, 3.05) is 25.9 Å². The fourth-order valence-corrected chi connectivity index (χ4v) is 4.11. The van der Waals surface area contributed by atoms with Crippen molar-refractivity contribution in [1.29, 1.82) is 0 Å². The second-order valence-corrected chi connectivity index (χ2v) is 7.70. The molecule has 0 bridgehead atoms. The largest absolute Gasteiger partial charge is 0.309 e. The van der Waals surface area contributed by atoms with E-state index in [1.807, 2.05) is 0 Å². The van der Waals surface area contributed by atoms with Gasteiger partial charge in [-0.05, 0) is 49.6 Å². The third-order valence-electron chi connectivity index (χ3n) is 5.19. The van der Waals surface area contributed by atoms with E-state index in [0.29, 0.717) is 5.92 Å². The normalized spacial score (nSPS) is 18.0. The zero-order valence-electron chi connectivity index (χ0n) is 15.0. The topological polar surface area (TPSA) is 34.0 Å². The lowest BCUT2D eigenvalue weighted by atomic mass is 9.92. The summed E-state index contributed by atoms with van der Waals surface area (Å²) < 4.78 is 2.15. The number of hydrogen-bond acceptors (Lipinski definition) is 4. The first-order valence-corrected chi connectivity index (χ1v) is 10.1. The first-order valence-electron chi connectivity index (χ1n) is 8.87. The Morgan fingerprint density at radius 3 is 2.50 bits per heavy atom. The molecule has 1 unspecified atom stereocenters. The van der Waals surface area contributed by atoms with E-state index in [4.69, 9.17) is 0 Å². The minimum absolute atomic E-state index is 0.602. The number of hydrogen-bond donors (Lipinski definition) is 0. The Morgan fingerprint density at radius 2 is 1.88 bits per heavy atom. The standard InChI is InChI=1S/C19H28N4S/c1-15(17-7-5-4-6-8-17)14-23-11-9-16(10-12-23)13-18-20-21-19(24-3)22(18)2/h4-8,15-16H,9-14H2,1-3H3. The minimum Gasteiger partial charge on any atom is -0.309 e. The van der Waals surface area contributed by atoms with Gasteiger partial charge in [0.05, 0.1) is 0 Å². The van der Waals surface area contributed by atoms with E-state index in [2.05, 4.69) is 70.2 Å². The highest BCUT2D eigenvalue weighted by atomic mass is 32.2. The van der Waals surface area contributed by atoms with Crippen molar-refractivity contribution in [3.05, 3.63) is 41.7 Å². The molecule has 2 aromatic rings. The summed E-state index contributed by atoms with van der Waals surface area (Å²) in [7, 11) is 2.08. The Kier molecular flexibility index (Phi) is 5.95. The van der Waals surface area contributed by atoms with Gasteiger partial charge in [-0.25, -0.2) is 0 Å². The lowest BCUT2D eigenvalue weighted by Crippen LogP contribution is -2.36. The molecule has 1 aliphatic rings. The van der Waals surface area contributed by atoms with Gasteiger partial charge in [0.25, 0.3) is 0 Å². The maximum Gasteiger partial charge on any atom is 0.190 e. The van der Waals surface area contributed by atoms with Crippen molar-refractivity contribution in [2.45, 2.75) is 37.3 Å². The van der Waals surface area contributed by atoms with Crippen molar-refractivity contribution in [3.63, 3.8) is 0 Å². The molecule has 1 saturated heterocycles. The number of piperidine rings is 1. The lowest BCUT2D eigenvalue weighted by molar-refractivity contribution is 0.175. The minimum atomic E-state index is 0.602. The van der Waals surface area contributed by atoms with Crippen LogP contribution in [0.4, 0.5) is 0 Å². The van der Waals surface area contributed by atoms with Crippen LogP contribution in [0.2, 0.25) is 0 Å². The lowest BCUT2D eigenvalue weighted by Gasteiger charge is -2.33. The number of benzene rings is 1. The molecule has 130 valence electrons. The molecule has 4 nitrogen and oxygen atoms in total. The van der Waals surface area contributed by atoms with Gasteiger partial charge in [0.1, 0.15) is 5.82 Å². The highest BCUT2D eigenvalue weighted by Gasteiger charge is 2.23. The molecular formula is C19H28N4S. The van der Waals surface area contributed by atoms with E-state index in [1.165, 1.54) is 31.5 Å². The van der Waals surface area contributed by atoms with E-state index in [-0.39, 0.29) is 0 Å². The molecule has 3 rings (SSSR count).